The Morgan fingerprint density at radius 3 is 2.64 bits per heavy atom. The van der Waals surface area contributed by atoms with Crippen molar-refractivity contribution in [2.75, 3.05) is 6.54 Å². The highest BCUT2D eigenvalue weighted by Gasteiger charge is 2.14. The average Bonchev–Trinajstić information content (AvgIpc) is 2.99. The van der Waals surface area contributed by atoms with E-state index in [-0.39, 0.29) is 30.4 Å². The van der Waals surface area contributed by atoms with Crippen LogP contribution in [0.4, 0.5) is 5.69 Å². The molecule has 28 heavy (non-hydrogen) atoms. The van der Waals surface area contributed by atoms with Crippen LogP contribution in [0.3, 0.4) is 0 Å². The van der Waals surface area contributed by atoms with E-state index in [9.17, 15) is 14.7 Å². The number of halogens is 2. The normalized spacial score (nSPS) is 11.2. The minimum Gasteiger partial charge on any atom is -0.493 e. The minimum atomic E-state index is -0.615. The molecular weight excluding hydrogens is 492 g/mol. The number of carbonyl (C=O) groups excluding carboxylic acids is 2. The number of nitrogens with zero attached hydrogens (tertiary/aromatic N) is 2. The van der Waals surface area contributed by atoms with Crippen molar-refractivity contribution in [2.24, 2.45) is 10.2 Å². The summed E-state index contributed by atoms with van der Waals surface area (Å²) in [6.07, 6.45) is 0.870. The van der Waals surface area contributed by atoms with Gasteiger partial charge in [0.2, 0.25) is 11.8 Å². The SMILES string of the molecule is O=C(CNC(=O)CCc1ccccc1)N=Nc1c(O)[nH]c2c(Br)cc(Br)cc12. The zero-order valence-electron chi connectivity index (χ0n) is 14.6. The number of aromatic amines is 1. The molecule has 0 saturated carbocycles. The molecule has 3 N–H and O–H groups in total. The van der Waals surface area contributed by atoms with Crippen molar-refractivity contribution < 1.29 is 14.7 Å². The van der Waals surface area contributed by atoms with Gasteiger partial charge in [-0.15, -0.1) is 10.2 Å². The van der Waals surface area contributed by atoms with Gasteiger partial charge in [0.15, 0.2) is 5.69 Å². The van der Waals surface area contributed by atoms with E-state index in [4.69, 9.17) is 0 Å². The van der Waals surface area contributed by atoms with Crippen molar-refractivity contribution in [3.8, 4) is 5.88 Å². The molecule has 0 fully saturated rings. The fraction of sp³-hybridized carbons (Fsp3) is 0.158. The van der Waals surface area contributed by atoms with Crippen molar-refractivity contribution in [1.29, 1.82) is 0 Å². The molecule has 7 nitrogen and oxygen atoms in total. The molecule has 0 spiro atoms. The van der Waals surface area contributed by atoms with Gasteiger partial charge >= 0.3 is 0 Å². The molecule has 0 saturated heterocycles. The van der Waals surface area contributed by atoms with E-state index in [1.54, 1.807) is 6.07 Å². The van der Waals surface area contributed by atoms with E-state index in [0.717, 1.165) is 14.5 Å². The second kappa shape index (κ2) is 9.11. The number of aryl methyl sites for hydroxylation is 1. The molecule has 0 unspecified atom stereocenters. The standard InChI is InChI=1S/C19H16Br2N4O3/c20-12-8-13-17(14(21)9-12)23-19(28)18(13)25-24-16(27)10-22-15(26)7-6-11-4-2-1-3-5-11/h1-5,8-9,23,28H,6-7,10H2,(H,22,26). The first-order chi connectivity index (χ1) is 13.4. The van der Waals surface area contributed by atoms with Crippen LogP contribution in [0.15, 0.2) is 61.6 Å². The van der Waals surface area contributed by atoms with Gasteiger partial charge in [0.1, 0.15) is 6.54 Å². The Bertz CT molecular complexity index is 1050. The van der Waals surface area contributed by atoms with Crippen LogP contribution >= 0.6 is 31.9 Å². The van der Waals surface area contributed by atoms with Gasteiger partial charge in [0, 0.05) is 20.8 Å². The first-order valence-electron chi connectivity index (χ1n) is 8.39. The Morgan fingerprint density at radius 2 is 1.89 bits per heavy atom. The van der Waals surface area contributed by atoms with E-state index < -0.39 is 5.91 Å². The molecule has 0 bridgehead atoms. The average molecular weight is 508 g/mol. The number of nitrogens with one attached hydrogen (secondary N) is 2. The fourth-order valence-electron chi connectivity index (χ4n) is 2.60. The maximum Gasteiger partial charge on any atom is 0.283 e. The topological polar surface area (TPSA) is 107 Å². The summed E-state index contributed by atoms with van der Waals surface area (Å²) < 4.78 is 1.50. The summed E-state index contributed by atoms with van der Waals surface area (Å²) in [6, 6.07) is 13.2. The van der Waals surface area contributed by atoms with Crippen molar-refractivity contribution in [2.45, 2.75) is 12.8 Å². The molecule has 3 rings (SSSR count). The summed E-state index contributed by atoms with van der Waals surface area (Å²) in [5, 5.41) is 20.6. The van der Waals surface area contributed by atoms with Gasteiger partial charge in [-0.05, 0) is 40.0 Å². The number of amides is 2. The zero-order valence-corrected chi connectivity index (χ0v) is 17.7. The zero-order chi connectivity index (χ0) is 20.1. The number of fused-ring (bicyclic) bond motifs is 1. The van der Waals surface area contributed by atoms with E-state index in [1.165, 1.54) is 0 Å². The van der Waals surface area contributed by atoms with Gasteiger partial charge in [0.05, 0.1) is 5.52 Å². The van der Waals surface area contributed by atoms with Crippen LogP contribution in [0.1, 0.15) is 12.0 Å². The first kappa shape index (κ1) is 20.2. The first-order valence-corrected chi connectivity index (χ1v) is 9.97. The van der Waals surface area contributed by atoms with E-state index >= 15 is 0 Å². The Labute approximate surface area is 177 Å². The summed E-state index contributed by atoms with van der Waals surface area (Å²) in [5.41, 5.74) is 1.84. The number of H-pyrrole nitrogens is 1. The molecule has 2 amide bonds. The van der Waals surface area contributed by atoms with Gasteiger partial charge in [-0.1, -0.05) is 46.3 Å². The maximum absolute atomic E-state index is 11.9. The van der Waals surface area contributed by atoms with Crippen molar-refractivity contribution in [1.82, 2.24) is 10.3 Å². The Kier molecular flexibility index (Phi) is 6.58. The minimum absolute atomic E-state index is 0.153. The van der Waals surface area contributed by atoms with Crippen molar-refractivity contribution >= 4 is 60.3 Å². The lowest BCUT2D eigenvalue weighted by Gasteiger charge is -2.02. The highest BCUT2D eigenvalue weighted by Crippen LogP contribution is 2.40. The van der Waals surface area contributed by atoms with E-state index in [1.807, 2.05) is 36.4 Å². The third kappa shape index (κ3) is 5.05. The summed E-state index contributed by atoms with van der Waals surface area (Å²) >= 11 is 6.76. The highest BCUT2D eigenvalue weighted by molar-refractivity contribution is 9.11. The monoisotopic (exact) mass is 506 g/mol. The predicted molar refractivity (Wildman–Crippen MR) is 113 cm³/mol. The number of hydrogen-bond acceptors (Lipinski definition) is 4. The lowest BCUT2D eigenvalue weighted by atomic mass is 10.1. The number of aromatic hydroxyl groups is 1. The fourth-order valence-corrected chi connectivity index (χ4v) is 3.92. The molecular formula is C19H16Br2N4O3. The summed E-state index contributed by atoms with van der Waals surface area (Å²) in [5.74, 6) is -1.05. The molecule has 0 aliphatic rings. The van der Waals surface area contributed by atoms with Crippen LogP contribution in [0, 0.1) is 0 Å². The van der Waals surface area contributed by atoms with Crippen LogP contribution in [-0.2, 0) is 16.0 Å². The quantitative estimate of drug-likeness (QED) is 0.418. The summed E-state index contributed by atoms with van der Waals surface area (Å²) in [4.78, 5) is 26.6. The Morgan fingerprint density at radius 1 is 1.14 bits per heavy atom. The van der Waals surface area contributed by atoms with Crippen LogP contribution in [0.25, 0.3) is 10.9 Å². The second-order valence-corrected chi connectivity index (χ2v) is 7.76. The van der Waals surface area contributed by atoms with Crippen LogP contribution < -0.4 is 5.32 Å². The van der Waals surface area contributed by atoms with E-state index in [2.05, 4.69) is 52.4 Å². The molecule has 3 aromatic rings. The molecule has 0 aliphatic carbocycles. The van der Waals surface area contributed by atoms with Gasteiger partial charge in [-0.2, -0.15) is 0 Å². The number of aromatic nitrogens is 1. The molecule has 0 radical (unpaired) electrons. The molecule has 9 heteroatoms. The molecule has 2 aromatic carbocycles. The predicted octanol–water partition coefficient (Wildman–Crippen LogP) is 4.76. The number of rotatable bonds is 6. The van der Waals surface area contributed by atoms with Gasteiger partial charge < -0.3 is 15.4 Å². The maximum atomic E-state index is 11.9. The number of azo groups is 1. The largest absolute Gasteiger partial charge is 0.493 e. The molecule has 1 heterocycles. The summed E-state index contributed by atoms with van der Waals surface area (Å²) in [6.45, 7) is -0.256. The van der Waals surface area contributed by atoms with Crippen LogP contribution in [0.2, 0.25) is 0 Å². The molecule has 0 atom stereocenters. The van der Waals surface area contributed by atoms with Crippen molar-refractivity contribution in [3.05, 3.63) is 57.0 Å². The van der Waals surface area contributed by atoms with Gasteiger partial charge in [0.25, 0.3) is 5.91 Å². The lowest BCUT2D eigenvalue weighted by Crippen LogP contribution is -2.28. The number of carbonyl (C=O) groups is 2. The van der Waals surface area contributed by atoms with E-state index in [0.29, 0.717) is 17.3 Å². The number of benzene rings is 2. The summed E-state index contributed by atoms with van der Waals surface area (Å²) in [7, 11) is 0. The highest BCUT2D eigenvalue weighted by atomic mass is 79.9. The smallest absolute Gasteiger partial charge is 0.283 e. The molecule has 1 aromatic heterocycles. The van der Waals surface area contributed by atoms with Crippen LogP contribution in [-0.4, -0.2) is 28.4 Å². The Balaban J connectivity index is 1.58. The van der Waals surface area contributed by atoms with Crippen molar-refractivity contribution in [3.63, 3.8) is 0 Å². The molecule has 144 valence electrons. The van der Waals surface area contributed by atoms with Crippen LogP contribution in [0.5, 0.6) is 5.88 Å². The molecule has 0 aliphatic heterocycles. The lowest BCUT2D eigenvalue weighted by molar-refractivity contribution is -0.124. The Hall–Kier alpha value is -2.52. The third-order valence-corrected chi connectivity index (χ3v) is 5.04. The van der Waals surface area contributed by atoms with Gasteiger partial charge in [-0.3, -0.25) is 9.59 Å². The number of hydrogen-bond donors (Lipinski definition) is 3. The van der Waals surface area contributed by atoms with Gasteiger partial charge in [-0.25, -0.2) is 0 Å². The third-order valence-electron chi connectivity index (χ3n) is 3.96. The second-order valence-electron chi connectivity index (χ2n) is 5.99.